The lowest BCUT2D eigenvalue weighted by atomic mass is 9.87. The van der Waals surface area contributed by atoms with E-state index >= 15 is 0 Å². The Labute approximate surface area is 220 Å². The summed E-state index contributed by atoms with van der Waals surface area (Å²) in [4.78, 5) is 38.1. The summed E-state index contributed by atoms with van der Waals surface area (Å²) in [5, 5.41) is 8.58. The van der Waals surface area contributed by atoms with Crippen LogP contribution >= 0.6 is 0 Å². The average molecular weight is 506 g/mol. The van der Waals surface area contributed by atoms with Gasteiger partial charge in [-0.15, -0.1) is 0 Å². The number of rotatable bonds is 7. The second kappa shape index (κ2) is 11.0. The van der Waals surface area contributed by atoms with Gasteiger partial charge in [-0.3, -0.25) is 14.4 Å². The number of hydrogen-bond acceptors (Lipinski definition) is 4. The molecule has 0 saturated carbocycles. The predicted octanol–water partition coefficient (Wildman–Crippen LogP) is 5.03. The molecule has 0 fully saturated rings. The first kappa shape index (κ1) is 24.8. The fourth-order valence-corrected chi connectivity index (χ4v) is 4.37. The van der Waals surface area contributed by atoms with Crippen LogP contribution < -0.4 is 20.7 Å². The van der Waals surface area contributed by atoms with Crippen molar-refractivity contribution in [2.75, 3.05) is 18.4 Å². The molecule has 0 aliphatic carbocycles. The topological polar surface area (TPSA) is 96.5 Å². The quantitative estimate of drug-likeness (QED) is 0.307. The molecule has 4 aromatic carbocycles. The van der Waals surface area contributed by atoms with Crippen molar-refractivity contribution in [2.45, 2.75) is 12.8 Å². The molecular formula is C31H27N3O4. The van der Waals surface area contributed by atoms with E-state index in [-0.39, 0.29) is 30.8 Å². The lowest BCUT2D eigenvalue weighted by Gasteiger charge is -2.27. The van der Waals surface area contributed by atoms with Crippen molar-refractivity contribution >= 4 is 23.4 Å². The zero-order valence-corrected chi connectivity index (χ0v) is 20.9. The highest BCUT2D eigenvalue weighted by Gasteiger charge is 2.32. The van der Waals surface area contributed by atoms with Crippen LogP contribution in [0.25, 0.3) is 0 Å². The first-order valence-corrected chi connectivity index (χ1v) is 12.4. The minimum atomic E-state index is -0.491. The number of anilines is 1. The number of aryl methyl sites for hydroxylation is 1. The molecule has 3 amide bonds. The lowest BCUT2D eigenvalue weighted by Crippen LogP contribution is -2.37. The van der Waals surface area contributed by atoms with Gasteiger partial charge >= 0.3 is 0 Å². The number of nitrogens with one attached hydrogen (secondary N) is 3. The van der Waals surface area contributed by atoms with E-state index in [1.807, 2.05) is 67.6 Å². The standard InChI is InChI=1S/C31H27N3O4/c1-20-10-12-22(13-11-20)30(36)34-23-16-14-21(15-17-23)29(35)32-18-19-33-31(37)28-24-6-2-4-8-26(24)38-27-9-5-3-7-25(27)28/h2-17,28H,18-19H2,1H3,(H,32,35)(H,33,37)(H,34,36). The maximum Gasteiger partial charge on any atom is 0.255 e. The van der Waals surface area contributed by atoms with Crippen molar-refractivity contribution in [3.63, 3.8) is 0 Å². The van der Waals surface area contributed by atoms with Crippen molar-refractivity contribution in [1.82, 2.24) is 10.6 Å². The van der Waals surface area contributed by atoms with E-state index in [1.165, 1.54) is 0 Å². The van der Waals surface area contributed by atoms with Gasteiger partial charge < -0.3 is 20.7 Å². The summed E-state index contributed by atoms with van der Waals surface area (Å²) in [6.45, 7) is 2.50. The molecule has 7 heteroatoms. The first-order chi connectivity index (χ1) is 18.5. The summed E-state index contributed by atoms with van der Waals surface area (Å²) in [6.07, 6.45) is 0. The van der Waals surface area contributed by atoms with Crippen LogP contribution in [0.1, 0.15) is 43.3 Å². The monoisotopic (exact) mass is 505 g/mol. The molecule has 5 rings (SSSR count). The fraction of sp³-hybridized carbons (Fsp3) is 0.129. The highest BCUT2D eigenvalue weighted by atomic mass is 16.5. The van der Waals surface area contributed by atoms with Crippen LogP contribution in [0.2, 0.25) is 0 Å². The van der Waals surface area contributed by atoms with Gasteiger partial charge in [0.1, 0.15) is 11.5 Å². The van der Waals surface area contributed by atoms with Crippen LogP contribution in [-0.2, 0) is 4.79 Å². The van der Waals surface area contributed by atoms with E-state index in [4.69, 9.17) is 4.74 Å². The molecule has 0 spiro atoms. The summed E-state index contributed by atoms with van der Waals surface area (Å²) >= 11 is 0. The van der Waals surface area contributed by atoms with Gasteiger partial charge in [0.15, 0.2) is 0 Å². The maximum absolute atomic E-state index is 13.2. The van der Waals surface area contributed by atoms with Crippen LogP contribution in [0.3, 0.4) is 0 Å². The van der Waals surface area contributed by atoms with Crippen LogP contribution in [0.5, 0.6) is 11.5 Å². The molecule has 38 heavy (non-hydrogen) atoms. The number of hydrogen-bond donors (Lipinski definition) is 3. The molecule has 0 radical (unpaired) electrons. The van der Waals surface area contributed by atoms with E-state index < -0.39 is 5.92 Å². The first-order valence-electron chi connectivity index (χ1n) is 12.4. The molecule has 7 nitrogen and oxygen atoms in total. The average Bonchev–Trinajstić information content (AvgIpc) is 2.94. The van der Waals surface area contributed by atoms with Crippen LogP contribution in [-0.4, -0.2) is 30.8 Å². The number of fused-ring (bicyclic) bond motifs is 2. The molecule has 0 atom stereocenters. The van der Waals surface area contributed by atoms with Gasteiger partial charge in [0.25, 0.3) is 11.8 Å². The van der Waals surface area contributed by atoms with Gasteiger partial charge in [0, 0.05) is 41.0 Å². The van der Waals surface area contributed by atoms with Gasteiger partial charge in [0.2, 0.25) is 5.91 Å². The van der Waals surface area contributed by atoms with Crippen molar-refractivity contribution in [3.05, 3.63) is 125 Å². The van der Waals surface area contributed by atoms with E-state index in [1.54, 1.807) is 36.4 Å². The van der Waals surface area contributed by atoms with Crippen molar-refractivity contribution < 1.29 is 19.1 Å². The second-order valence-electron chi connectivity index (χ2n) is 9.06. The third-order valence-electron chi connectivity index (χ3n) is 6.37. The van der Waals surface area contributed by atoms with Gasteiger partial charge in [-0.2, -0.15) is 0 Å². The Balaban J connectivity index is 1.13. The van der Waals surface area contributed by atoms with Crippen LogP contribution in [0.15, 0.2) is 97.1 Å². The third-order valence-corrected chi connectivity index (χ3v) is 6.37. The number of carbonyl (C=O) groups is 3. The van der Waals surface area contributed by atoms with Crippen LogP contribution in [0, 0.1) is 6.92 Å². The molecule has 1 aliphatic heterocycles. The van der Waals surface area contributed by atoms with Crippen molar-refractivity contribution in [3.8, 4) is 11.5 Å². The van der Waals surface area contributed by atoms with Gasteiger partial charge in [-0.25, -0.2) is 0 Å². The van der Waals surface area contributed by atoms with Gasteiger partial charge in [-0.1, -0.05) is 54.1 Å². The largest absolute Gasteiger partial charge is 0.457 e. The minimum absolute atomic E-state index is 0.156. The Morgan fingerprint density at radius 2 is 1.18 bits per heavy atom. The minimum Gasteiger partial charge on any atom is -0.457 e. The zero-order chi connectivity index (χ0) is 26.5. The normalized spacial score (nSPS) is 11.9. The Bertz CT molecular complexity index is 1430. The third kappa shape index (κ3) is 5.42. The van der Waals surface area contributed by atoms with Crippen LogP contribution in [0.4, 0.5) is 5.69 Å². The molecule has 3 N–H and O–H groups in total. The van der Waals surface area contributed by atoms with E-state index in [2.05, 4.69) is 16.0 Å². The van der Waals surface area contributed by atoms with Gasteiger partial charge in [-0.05, 0) is 55.5 Å². The predicted molar refractivity (Wildman–Crippen MR) is 146 cm³/mol. The molecule has 4 aromatic rings. The highest BCUT2D eigenvalue weighted by molar-refractivity contribution is 6.04. The molecule has 0 bridgehead atoms. The Kier molecular flexibility index (Phi) is 7.17. The number of carbonyl (C=O) groups excluding carboxylic acids is 3. The number of benzene rings is 4. The fourth-order valence-electron chi connectivity index (χ4n) is 4.37. The number of ether oxygens (including phenoxy) is 1. The molecule has 190 valence electrons. The summed E-state index contributed by atoms with van der Waals surface area (Å²) in [5.41, 5.74) is 4.31. The van der Waals surface area contributed by atoms with Crippen molar-refractivity contribution in [2.24, 2.45) is 0 Å². The lowest BCUT2D eigenvalue weighted by molar-refractivity contribution is -0.121. The molecule has 0 unspecified atom stereocenters. The summed E-state index contributed by atoms with van der Waals surface area (Å²) in [7, 11) is 0. The van der Waals surface area contributed by atoms with Crippen molar-refractivity contribution in [1.29, 1.82) is 0 Å². The second-order valence-corrected chi connectivity index (χ2v) is 9.06. The van der Waals surface area contributed by atoms with Gasteiger partial charge in [0.05, 0.1) is 5.92 Å². The number of amides is 3. The summed E-state index contributed by atoms with van der Waals surface area (Å²) in [5.74, 6) is 0.201. The molecule has 1 heterocycles. The summed E-state index contributed by atoms with van der Waals surface area (Å²) in [6, 6.07) is 29.0. The Morgan fingerprint density at radius 3 is 1.82 bits per heavy atom. The highest BCUT2D eigenvalue weighted by Crippen LogP contribution is 2.43. The molecule has 0 aromatic heterocycles. The SMILES string of the molecule is Cc1ccc(C(=O)Nc2ccc(C(=O)NCCNC(=O)C3c4ccccc4Oc4ccccc43)cc2)cc1. The molecule has 0 saturated heterocycles. The summed E-state index contributed by atoms with van der Waals surface area (Å²) < 4.78 is 5.96. The molecule has 1 aliphatic rings. The van der Waals surface area contributed by atoms with E-state index in [0.29, 0.717) is 28.3 Å². The smallest absolute Gasteiger partial charge is 0.255 e. The van der Waals surface area contributed by atoms with E-state index in [9.17, 15) is 14.4 Å². The Morgan fingerprint density at radius 1 is 0.658 bits per heavy atom. The number of para-hydroxylation sites is 2. The van der Waals surface area contributed by atoms with E-state index in [0.717, 1.165) is 16.7 Å². The Hall–Kier alpha value is -4.91. The maximum atomic E-state index is 13.2. The molecular weight excluding hydrogens is 478 g/mol. The zero-order valence-electron chi connectivity index (χ0n) is 20.9.